The second-order valence-corrected chi connectivity index (χ2v) is 5.37. The summed E-state index contributed by atoms with van der Waals surface area (Å²) in [6.07, 6.45) is 2.18. The maximum atomic E-state index is 12.0. The zero-order valence-electron chi connectivity index (χ0n) is 13.1. The lowest BCUT2D eigenvalue weighted by Gasteiger charge is -2.24. The van der Waals surface area contributed by atoms with Crippen LogP contribution in [0.4, 0.5) is 0 Å². The molecule has 0 amide bonds. The van der Waals surface area contributed by atoms with E-state index in [1.165, 1.54) is 0 Å². The van der Waals surface area contributed by atoms with Crippen LogP contribution in [-0.2, 0) is 16.1 Å². The molecule has 0 saturated carbocycles. The average molecular weight is 293 g/mol. The van der Waals surface area contributed by atoms with Crippen LogP contribution < -0.4 is 0 Å². The Morgan fingerprint density at radius 2 is 2.00 bits per heavy atom. The zero-order chi connectivity index (χ0) is 15.5. The van der Waals surface area contributed by atoms with Gasteiger partial charge in [0.2, 0.25) is 0 Å². The molecule has 1 unspecified atom stereocenters. The molecule has 0 fully saturated rings. The second-order valence-electron chi connectivity index (χ2n) is 5.37. The van der Waals surface area contributed by atoms with Crippen LogP contribution in [0.1, 0.15) is 32.3 Å². The lowest BCUT2D eigenvalue weighted by atomic mass is 10.1. The lowest BCUT2D eigenvalue weighted by Crippen LogP contribution is -2.35. The SMILES string of the molecule is CCCCN(CCO)CC(C)C(=O)OCc1ccccc1. The van der Waals surface area contributed by atoms with Crippen molar-refractivity contribution in [3.8, 4) is 0 Å². The van der Waals surface area contributed by atoms with Gasteiger partial charge in [0, 0.05) is 13.1 Å². The third-order valence-electron chi connectivity index (χ3n) is 3.40. The van der Waals surface area contributed by atoms with Gasteiger partial charge in [0.05, 0.1) is 12.5 Å². The van der Waals surface area contributed by atoms with Gasteiger partial charge in [0.25, 0.3) is 0 Å². The first-order valence-electron chi connectivity index (χ1n) is 7.71. The highest BCUT2D eigenvalue weighted by molar-refractivity contribution is 5.72. The molecule has 1 atom stereocenters. The molecule has 0 bridgehead atoms. The Hall–Kier alpha value is -1.39. The fourth-order valence-electron chi connectivity index (χ4n) is 2.15. The number of unbranched alkanes of at least 4 members (excludes halogenated alkanes) is 1. The molecule has 0 aliphatic heterocycles. The quantitative estimate of drug-likeness (QED) is 0.673. The summed E-state index contributed by atoms with van der Waals surface area (Å²) >= 11 is 0. The molecule has 0 aromatic heterocycles. The summed E-state index contributed by atoms with van der Waals surface area (Å²) in [5, 5.41) is 9.08. The molecule has 0 aliphatic carbocycles. The number of carbonyl (C=O) groups is 1. The Bertz CT molecular complexity index is 394. The van der Waals surface area contributed by atoms with E-state index < -0.39 is 0 Å². The minimum atomic E-state index is -0.183. The van der Waals surface area contributed by atoms with E-state index in [-0.39, 0.29) is 18.5 Å². The smallest absolute Gasteiger partial charge is 0.310 e. The van der Waals surface area contributed by atoms with E-state index in [9.17, 15) is 4.79 Å². The molecule has 4 nitrogen and oxygen atoms in total. The van der Waals surface area contributed by atoms with Gasteiger partial charge in [-0.05, 0) is 18.5 Å². The van der Waals surface area contributed by atoms with Crippen molar-refractivity contribution in [2.24, 2.45) is 5.92 Å². The number of aliphatic hydroxyl groups is 1. The van der Waals surface area contributed by atoms with Crippen LogP contribution in [0.15, 0.2) is 30.3 Å². The minimum Gasteiger partial charge on any atom is -0.461 e. The van der Waals surface area contributed by atoms with Gasteiger partial charge in [0.1, 0.15) is 6.61 Å². The normalized spacial score (nSPS) is 12.4. The Morgan fingerprint density at radius 3 is 2.62 bits per heavy atom. The number of esters is 1. The maximum absolute atomic E-state index is 12.0. The van der Waals surface area contributed by atoms with Crippen LogP contribution in [0.25, 0.3) is 0 Å². The highest BCUT2D eigenvalue weighted by Gasteiger charge is 2.18. The Balaban J connectivity index is 2.37. The van der Waals surface area contributed by atoms with Crippen LogP contribution in [0.5, 0.6) is 0 Å². The highest BCUT2D eigenvalue weighted by atomic mass is 16.5. The molecule has 4 heteroatoms. The van der Waals surface area contributed by atoms with E-state index >= 15 is 0 Å². The first-order valence-corrected chi connectivity index (χ1v) is 7.71. The van der Waals surface area contributed by atoms with Gasteiger partial charge in [-0.2, -0.15) is 0 Å². The molecular weight excluding hydrogens is 266 g/mol. The number of carbonyl (C=O) groups excluding carboxylic acids is 1. The summed E-state index contributed by atoms with van der Waals surface area (Å²) in [4.78, 5) is 14.1. The third-order valence-corrected chi connectivity index (χ3v) is 3.40. The number of aliphatic hydroxyl groups excluding tert-OH is 1. The summed E-state index contributed by atoms with van der Waals surface area (Å²) in [5.41, 5.74) is 0.997. The van der Waals surface area contributed by atoms with Gasteiger partial charge >= 0.3 is 5.97 Å². The van der Waals surface area contributed by atoms with Crippen molar-refractivity contribution >= 4 is 5.97 Å². The third kappa shape index (κ3) is 7.25. The van der Waals surface area contributed by atoms with Crippen molar-refractivity contribution in [3.05, 3.63) is 35.9 Å². The van der Waals surface area contributed by atoms with Crippen LogP contribution in [-0.4, -0.2) is 42.2 Å². The van der Waals surface area contributed by atoms with Gasteiger partial charge < -0.3 is 14.7 Å². The van der Waals surface area contributed by atoms with Crippen molar-refractivity contribution < 1.29 is 14.6 Å². The number of hydrogen-bond donors (Lipinski definition) is 1. The van der Waals surface area contributed by atoms with Gasteiger partial charge in [-0.25, -0.2) is 0 Å². The van der Waals surface area contributed by atoms with Gasteiger partial charge in [-0.3, -0.25) is 4.79 Å². The Kier molecular flexibility index (Phi) is 8.71. The summed E-state index contributed by atoms with van der Waals surface area (Å²) in [6.45, 7) is 6.60. The van der Waals surface area contributed by atoms with E-state index in [0.29, 0.717) is 19.7 Å². The van der Waals surface area contributed by atoms with Gasteiger partial charge in [0.15, 0.2) is 0 Å². The average Bonchev–Trinajstić information content (AvgIpc) is 2.51. The summed E-state index contributed by atoms with van der Waals surface area (Å²) < 4.78 is 5.35. The maximum Gasteiger partial charge on any atom is 0.310 e. The molecular formula is C17H27NO3. The van der Waals surface area contributed by atoms with Crippen LogP contribution in [0.2, 0.25) is 0 Å². The van der Waals surface area contributed by atoms with E-state index in [2.05, 4.69) is 11.8 Å². The molecule has 0 heterocycles. The summed E-state index contributed by atoms with van der Waals surface area (Å²) in [7, 11) is 0. The Morgan fingerprint density at radius 1 is 1.29 bits per heavy atom. The van der Waals surface area contributed by atoms with Crippen molar-refractivity contribution in [2.45, 2.75) is 33.3 Å². The zero-order valence-corrected chi connectivity index (χ0v) is 13.1. The number of rotatable bonds is 10. The highest BCUT2D eigenvalue weighted by Crippen LogP contribution is 2.07. The number of benzene rings is 1. The molecule has 21 heavy (non-hydrogen) atoms. The van der Waals surface area contributed by atoms with Crippen molar-refractivity contribution in [3.63, 3.8) is 0 Å². The fourth-order valence-corrected chi connectivity index (χ4v) is 2.15. The van der Waals surface area contributed by atoms with Crippen molar-refractivity contribution in [2.75, 3.05) is 26.2 Å². The van der Waals surface area contributed by atoms with Crippen molar-refractivity contribution in [1.29, 1.82) is 0 Å². The molecule has 1 N–H and O–H groups in total. The Labute approximate surface area is 127 Å². The summed E-state index contributed by atoms with van der Waals surface area (Å²) in [6, 6.07) is 9.68. The van der Waals surface area contributed by atoms with E-state index in [4.69, 9.17) is 9.84 Å². The van der Waals surface area contributed by atoms with E-state index in [1.807, 2.05) is 37.3 Å². The number of hydrogen-bond acceptors (Lipinski definition) is 4. The molecule has 0 radical (unpaired) electrons. The molecule has 0 spiro atoms. The minimum absolute atomic E-state index is 0.121. The summed E-state index contributed by atoms with van der Waals surface area (Å²) in [5.74, 6) is -0.365. The fraction of sp³-hybridized carbons (Fsp3) is 0.588. The molecule has 118 valence electrons. The largest absolute Gasteiger partial charge is 0.461 e. The number of ether oxygens (including phenoxy) is 1. The predicted molar refractivity (Wildman–Crippen MR) is 83.8 cm³/mol. The van der Waals surface area contributed by atoms with E-state index in [1.54, 1.807) is 0 Å². The molecule has 1 aromatic rings. The monoisotopic (exact) mass is 293 g/mol. The van der Waals surface area contributed by atoms with Crippen LogP contribution in [0, 0.1) is 5.92 Å². The first-order chi connectivity index (χ1) is 10.2. The molecule has 0 saturated heterocycles. The van der Waals surface area contributed by atoms with Gasteiger partial charge in [-0.15, -0.1) is 0 Å². The van der Waals surface area contributed by atoms with Crippen LogP contribution >= 0.6 is 0 Å². The molecule has 1 rings (SSSR count). The van der Waals surface area contributed by atoms with E-state index in [0.717, 1.165) is 24.9 Å². The lowest BCUT2D eigenvalue weighted by molar-refractivity contribution is -0.150. The number of nitrogens with zero attached hydrogens (tertiary/aromatic N) is 1. The standard InChI is InChI=1S/C17H27NO3/c1-3-4-10-18(11-12-19)13-15(2)17(20)21-14-16-8-6-5-7-9-16/h5-9,15,19H,3-4,10-14H2,1-2H3. The predicted octanol–water partition coefficient (Wildman–Crippen LogP) is 2.46. The van der Waals surface area contributed by atoms with Crippen LogP contribution in [0.3, 0.4) is 0 Å². The second kappa shape index (κ2) is 10.4. The van der Waals surface area contributed by atoms with Crippen molar-refractivity contribution in [1.82, 2.24) is 4.90 Å². The van der Waals surface area contributed by atoms with Gasteiger partial charge in [-0.1, -0.05) is 50.6 Å². The molecule has 1 aromatic carbocycles. The topological polar surface area (TPSA) is 49.8 Å². The molecule has 0 aliphatic rings. The first kappa shape index (κ1) is 17.7.